The Morgan fingerprint density at radius 1 is 1.03 bits per heavy atom. The lowest BCUT2D eigenvalue weighted by molar-refractivity contribution is -0.123. The molecule has 29 heavy (non-hydrogen) atoms. The van der Waals surface area contributed by atoms with Gasteiger partial charge < -0.3 is 10.1 Å². The van der Waals surface area contributed by atoms with E-state index in [2.05, 4.69) is 15.5 Å². The molecule has 0 aliphatic carbocycles. The highest BCUT2D eigenvalue weighted by Gasteiger charge is 2.24. The molecule has 1 heterocycles. The van der Waals surface area contributed by atoms with Gasteiger partial charge in [0, 0.05) is 22.1 Å². The number of amides is 1. The van der Waals surface area contributed by atoms with E-state index in [9.17, 15) is 14.4 Å². The molecule has 7 heteroatoms. The van der Waals surface area contributed by atoms with E-state index in [1.165, 1.54) is 6.92 Å². The van der Waals surface area contributed by atoms with Gasteiger partial charge in [0.25, 0.3) is 0 Å². The number of aromatic amines is 1. The molecule has 7 nitrogen and oxygen atoms in total. The summed E-state index contributed by atoms with van der Waals surface area (Å²) in [6, 6.07) is 13.7. The van der Waals surface area contributed by atoms with Crippen LogP contribution < -0.4 is 5.32 Å². The van der Waals surface area contributed by atoms with Crippen molar-refractivity contribution in [2.75, 3.05) is 5.32 Å². The highest BCUT2D eigenvalue weighted by Crippen LogP contribution is 2.20. The maximum absolute atomic E-state index is 12.6. The Kier molecular flexibility index (Phi) is 5.50. The minimum absolute atomic E-state index is 0.120. The molecule has 150 valence electrons. The van der Waals surface area contributed by atoms with E-state index in [1.54, 1.807) is 42.5 Å². The number of nitrogens with zero attached hydrogens (tertiary/aromatic N) is 1. The first-order valence-electron chi connectivity index (χ1n) is 9.26. The summed E-state index contributed by atoms with van der Waals surface area (Å²) < 4.78 is 5.32. The number of fused-ring (bicyclic) bond motifs is 1. The molecule has 0 radical (unpaired) electrons. The van der Waals surface area contributed by atoms with Gasteiger partial charge in [-0.05, 0) is 37.3 Å². The van der Waals surface area contributed by atoms with Crippen molar-refractivity contribution in [2.45, 2.75) is 33.8 Å². The highest BCUT2D eigenvalue weighted by molar-refractivity contribution is 6.05. The first-order valence-corrected chi connectivity index (χ1v) is 9.26. The number of carbonyl (C=O) groups is 3. The van der Waals surface area contributed by atoms with Crippen molar-refractivity contribution in [1.82, 2.24) is 10.2 Å². The van der Waals surface area contributed by atoms with Crippen molar-refractivity contribution < 1.29 is 19.1 Å². The van der Waals surface area contributed by atoms with Gasteiger partial charge in [-0.15, -0.1) is 0 Å². The van der Waals surface area contributed by atoms with Crippen LogP contribution in [0, 0.1) is 5.41 Å². The van der Waals surface area contributed by atoms with Gasteiger partial charge in [0.1, 0.15) is 0 Å². The molecule has 0 saturated heterocycles. The van der Waals surface area contributed by atoms with Crippen LogP contribution in [0.5, 0.6) is 0 Å². The maximum atomic E-state index is 12.6. The fraction of sp³-hybridized carbons (Fsp3) is 0.273. The number of anilines is 1. The summed E-state index contributed by atoms with van der Waals surface area (Å²) in [6.07, 6.45) is -0.979. The number of hydrogen-bond donors (Lipinski definition) is 2. The number of Topliss-reactive ketones (excluding diaryl/α,β-unsaturated/α-hetero) is 1. The number of ketones is 1. The molecular formula is C22H23N3O4. The number of rotatable bonds is 5. The predicted molar refractivity (Wildman–Crippen MR) is 110 cm³/mol. The van der Waals surface area contributed by atoms with E-state index < -0.39 is 17.5 Å². The van der Waals surface area contributed by atoms with Gasteiger partial charge in [0.2, 0.25) is 11.7 Å². The van der Waals surface area contributed by atoms with Crippen LogP contribution in [-0.4, -0.2) is 34.0 Å². The third-order valence-electron chi connectivity index (χ3n) is 4.43. The first-order chi connectivity index (χ1) is 13.7. The quantitative estimate of drug-likeness (QED) is 0.504. The summed E-state index contributed by atoms with van der Waals surface area (Å²) in [5, 5.41) is 10.2. The lowest BCUT2D eigenvalue weighted by atomic mass is 9.95. The molecule has 1 aromatic heterocycles. The van der Waals surface area contributed by atoms with Crippen LogP contribution in [-0.2, 0) is 9.53 Å². The van der Waals surface area contributed by atoms with Gasteiger partial charge in [-0.2, -0.15) is 5.10 Å². The second-order valence-electron chi connectivity index (χ2n) is 7.81. The molecule has 0 aliphatic rings. The van der Waals surface area contributed by atoms with E-state index in [1.807, 2.05) is 26.8 Å². The van der Waals surface area contributed by atoms with Gasteiger partial charge in [-0.1, -0.05) is 39.0 Å². The largest absolute Gasteiger partial charge is 0.449 e. The smallest absolute Gasteiger partial charge is 0.360 e. The average Bonchev–Trinajstić information content (AvgIpc) is 3.11. The summed E-state index contributed by atoms with van der Waals surface area (Å²) in [4.78, 5) is 37.1. The van der Waals surface area contributed by atoms with Crippen molar-refractivity contribution >= 4 is 34.3 Å². The number of ether oxygens (including phenoxy) is 1. The molecule has 0 spiro atoms. The minimum atomic E-state index is -0.979. The van der Waals surface area contributed by atoms with Crippen molar-refractivity contribution in [3.63, 3.8) is 0 Å². The summed E-state index contributed by atoms with van der Waals surface area (Å²) in [5.74, 6) is -1.13. The van der Waals surface area contributed by atoms with Gasteiger partial charge in [-0.25, -0.2) is 4.79 Å². The third kappa shape index (κ3) is 4.51. The Labute approximate surface area is 168 Å². The van der Waals surface area contributed by atoms with Crippen LogP contribution in [0.15, 0.2) is 48.5 Å². The fourth-order valence-corrected chi connectivity index (χ4v) is 2.66. The van der Waals surface area contributed by atoms with Gasteiger partial charge >= 0.3 is 5.97 Å². The van der Waals surface area contributed by atoms with E-state index in [4.69, 9.17) is 4.74 Å². The van der Waals surface area contributed by atoms with Crippen LogP contribution >= 0.6 is 0 Å². The molecule has 1 atom stereocenters. The van der Waals surface area contributed by atoms with Crippen LogP contribution in [0.3, 0.4) is 0 Å². The number of carbonyl (C=O) groups excluding carboxylic acids is 3. The number of para-hydroxylation sites is 1. The zero-order chi connectivity index (χ0) is 21.2. The first kappa shape index (κ1) is 20.3. The van der Waals surface area contributed by atoms with Crippen LogP contribution in [0.1, 0.15) is 48.5 Å². The second kappa shape index (κ2) is 7.87. The fourth-order valence-electron chi connectivity index (χ4n) is 2.66. The zero-order valence-corrected chi connectivity index (χ0v) is 16.8. The summed E-state index contributed by atoms with van der Waals surface area (Å²) in [7, 11) is 0. The van der Waals surface area contributed by atoms with Crippen molar-refractivity contribution in [2.24, 2.45) is 5.41 Å². The van der Waals surface area contributed by atoms with Gasteiger partial charge in [0.05, 0.1) is 5.52 Å². The maximum Gasteiger partial charge on any atom is 0.360 e. The number of aromatic nitrogens is 2. The lowest BCUT2D eigenvalue weighted by Gasteiger charge is -2.18. The number of hydrogen-bond acceptors (Lipinski definition) is 5. The second-order valence-corrected chi connectivity index (χ2v) is 7.81. The molecule has 2 aromatic carbocycles. The van der Waals surface area contributed by atoms with Gasteiger partial charge in [0.15, 0.2) is 11.8 Å². The molecule has 3 rings (SSSR count). The molecule has 0 saturated carbocycles. The summed E-state index contributed by atoms with van der Waals surface area (Å²) >= 11 is 0. The Bertz CT molecular complexity index is 1060. The summed E-state index contributed by atoms with van der Waals surface area (Å²) in [5.41, 5.74) is 1.31. The molecule has 1 amide bonds. The minimum Gasteiger partial charge on any atom is -0.449 e. The molecule has 0 aliphatic heterocycles. The SMILES string of the molecule is C[C@@H](OC(=O)c1n[nH]c2ccccc12)C(=O)c1ccc(NC(=O)C(C)(C)C)cc1. The van der Waals surface area contributed by atoms with Crippen molar-refractivity contribution in [3.05, 3.63) is 59.8 Å². The van der Waals surface area contributed by atoms with E-state index in [0.29, 0.717) is 22.2 Å². The molecule has 0 bridgehead atoms. The van der Waals surface area contributed by atoms with Crippen molar-refractivity contribution in [3.8, 4) is 0 Å². The monoisotopic (exact) mass is 393 g/mol. The zero-order valence-electron chi connectivity index (χ0n) is 16.8. The number of nitrogens with one attached hydrogen (secondary N) is 2. The van der Waals surface area contributed by atoms with E-state index in [-0.39, 0.29) is 17.4 Å². The molecular weight excluding hydrogens is 370 g/mol. The normalized spacial score (nSPS) is 12.4. The van der Waals surface area contributed by atoms with Crippen LogP contribution in [0.2, 0.25) is 0 Å². The lowest BCUT2D eigenvalue weighted by Crippen LogP contribution is -2.27. The van der Waals surface area contributed by atoms with E-state index >= 15 is 0 Å². The highest BCUT2D eigenvalue weighted by atomic mass is 16.5. The summed E-state index contributed by atoms with van der Waals surface area (Å²) in [6.45, 7) is 6.97. The average molecular weight is 393 g/mol. The predicted octanol–water partition coefficient (Wildman–Crippen LogP) is 3.98. The molecule has 3 aromatic rings. The standard InChI is InChI=1S/C22H23N3O4/c1-13(29-20(27)18-16-7-5-6-8-17(16)24-25-18)19(26)14-9-11-15(12-10-14)23-21(28)22(2,3)4/h5-13H,1-4H3,(H,23,28)(H,24,25)/t13-/m1/s1. The topological polar surface area (TPSA) is 101 Å². The number of benzene rings is 2. The van der Waals surface area contributed by atoms with Gasteiger partial charge in [-0.3, -0.25) is 14.7 Å². The Morgan fingerprint density at radius 3 is 2.34 bits per heavy atom. The third-order valence-corrected chi connectivity index (χ3v) is 4.43. The van der Waals surface area contributed by atoms with Crippen LogP contribution in [0.25, 0.3) is 10.9 Å². The number of esters is 1. The molecule has 0 fully saturated rings. The Balaban J connectivity index is 1.67. The van der Waals surface area contributed by atoms with Crippen molar-refractivity contribution in [1.29, 1.82) is 0 Å². The molecule has 2 N–H and O–H groups in total. The van der Waals surface area contributed by atoms with E-state index in [0.717, 1.165) is 0 Å². The Morgan fingerprint density at radius 2 is 1.69 bits per heavy atom. The molecule has 0 unspecified atom stereocenters. The Hall–Kier alpha value is -3.48. The van der Waals surface area contributed by atoms with Crippen LogP contribution in [0.4, 0.5) is 5.69 Å². The number of H-pyrrole nitrogens is 1.